The van der Waals surface area contributed by atoms with Crippen LogP contribution in [0, 0.1) is 6.92 Å². The molecule has 0 N–H and O–H groups in total. The van der Waals surface area contributed by atoms with E-state index in [1.54, 1.807) is 0 Å². The van der Waals surface area contributed by atoms with Crippen molar-refractivity contribution in [2.45, 2.75) is 26.7 Å². The van der Waals surface area contributed by atoms with E-state index in [-0.39, 0.29) is 0 Å². The number of aryl methyl sites for hydroxylation is 1. The zero-order chi connectivity index (χ0) is 16.9. The highest BCUT2D eigenvalue weighted by Crippen LogP contribution is 2.41. The fourth-order valence-corrected chi connectivity index (χ4v) is 4.39. The van der Waals surface area contributed by atoms with Gasteiger partial charge in [0.15, 0.2) is 0 Å². The second-order valence-corrected chi connectivity index (χ2v) is 7.21. The fraction of sp³-hybridized carbons (Fsp3) is 0.190. The minimum atomic E-state index is -0.623. The van der Waals surface area contributed by atoms with Crippen LogP contribution in [0.2, 0.25) is 0 Å². The zero-order valence-corrected chi connectivity index (χ0v) is 14.4. The zero-order valence-electron chi connectivity index (χ0n) is 14.6. The largest absolute Gasteiger partial charge is 0.256 e. The van der Waals surface area contributed by atoms with Gasteiger partial charge in [0.2, 0.25) is 0 Å². The molecular formula is C21H19NS. The highest BCUT2D eigenvalue weighted by atomic mass is 32.1. The summed E-state index contributed by atoms with van der Waals surface area (Å²) in [4.78, 5) is 4.60. The predicted octanol–water partition coefficient (Wildman–Crippen LogP) is 6.55. The molecule has 114 valence electrons. The number of fused-ring (bicyclic) bond motifs is 3. The third-order valence-electron chi connectivity index (χ3n) is 4.35. The maximum absolute atomic E-state index is 8.29. The molecule has 0 aliphatic rings. The quantitative estimate of drug-likeness (QED) is 0.408. The first kappa shape index (κ1) is 13.3. The molecule has 1 nitrogen and oxygen atoms in total. The molecule has 0 fully saturated rings. The van der Waals surface area contributed by atoms with E-state index in [1.807, 2.05) is 37.4 Å². The lowest BCUT2D eigenvalue weighted by atomic mass is 9.99. The Balaban J connectivity index is 2.03. The summed E-state index contributed by atoms with van der Waals surface area (Å²) < 4.78 is 10.9. The van der Waals surface area contributed by atoms with E-state index in [0.717, 1.165) is 16.8 Å². The first-order valence-electron chi connectivity index (χ1n) is 8.33. The Bertz CT molecular complexity index is 1060. The number of thiophene rings is 1. The number of aromatic nitrogens is 1. The van der Waals surface area contributed by atoms with Crippen LogP contribution in [0.1, 0.15) is 32.2 Å². The highest BCUT2D eigenvalue weighted by Gasteiger charge is 2.13. The summed E-state index contributed by atoms with van der Waals surface area (Å²) in [6, 6.07) is 16.9. The normalized spacial score (nSPS) is 12.7. The Morgan fingerprint density at radius 1 is 1.09 bits per heavy atom. The highest BCUT2D eigenvalue weighted by molar-refractivity contribution is 7.26. The molecule has 0 radical (unpaired) electrons. The van der Waals surface area contributed by atoms with E-state index >= 15 is 0 Å². The van der Waals surface area contributed by atoms with Gasteiger partial charge in [-0.05, 0) is 42.1 Å². The lowest BCUT2D eigenvalue weighted by Crippen LogP contribution is -1.91. The van der Waals surface area contributed by atoms with Crippen molar-refractivity contribution in [3.05, 3.63) is 65.9 Å². The van der Waals surface area contributed by atoms with Crippen molar-refractivity contribution in [1.82, 2.24) is 4.98 Å². The number of pyridine rings is 1. The van der Waals surface area contributed by atoms with Gasteiger partial charge < -0.3 is 0 Å². The van der Waals surface area contributed by atoms with Crippen molar-refractivity contribution in [2.75, 3.05) is 0 Å². The van der Waals surface area contributed by atoms with Crippen molar-refractivity contribution in [3.63, 3.8) is 0 Å². The van der Waals surface area contributed by atoms with Gasteiger partial charge in [-0.2, -0.15) is 0 Å². The summed E-state index contributed by atoms with van der Waals surface area (Å²) in [5.74, 6) is -0.623. The first-order chi connectivity index (χ1) is 11.4. The van der Waals surface area contributed by atoms with E-state index in [1.165, 1.54) is 25.7 Å². The molecule has 0 unspecified atom stereocenters. The lowest BCUT2D eigenvalue weighted by Gasteiger charge is -2.09. The molecule has 0 spiro atoms. The van der Waals surface area contributed by atoms with Gasteiger partial charge in [0, 0.05) is 33.3 Å². The second kappa shape index (κ2) is 5.47. The van der Waals surface area contributed by atoms with Gasteiger partial charge in [-0.3, -0.25) is 4.98 Å². The summed E-state index contributed by atoms with van der Waals surface area (Å²) in [6.45, 7) is 5.99. The molecule has 4 rings (SSSR count). The maximum atomic E-state index is 8.29. The van der Waals surface area contributed by atoms with Crippen LogP contribution in [0.4, 0.5) is 0 Å². The van der Waals surface area contributed by atoms with Crippen molar-refractivity contribution < 1.29 is 1.37 Å². The second-order valence-electron chi connectivity index (χ2n) is 6.16. The predicted molar refractivity (Wildman–Crippen MR) is 101 cm³/mol. The Morgan fingerprint density at radius 3 is 2.74 bits per heavy atom. The van der Waals surface area contributed by atoms with E-state index in [9.17, 15) is 0 Å². The standard InChI is InChI=1S/C21H19NS/c1-13(2)15-10-11-22-18(12-15)16-9-8-14(3)20-17-6-4-5-7-19(17)23-21(16)20/h4-13H,1-3H3/i13D. The van der Waals surface area contributed by atoms with Gasteiger partial charge >= 0.3 is 0 Å². The van der Waals surface area contributed by atoms with Crippen LogP contribution >= 0.6 is 11.3 Å². The monoisotopic (exact) mass is 318 g/mol. The van der Waals surface area contributed by atoms with E-state index in [2.05, 4.69) is 54.4 Å². The summed E-state index contributed by atoms with van der Waals surface area (Å²) in [6.07, 6.45) is 1.82. The minimum absolute atomic E-state index is 0.623. The van der Waals surface area contributed by atoms with Gasteiger partial charge in [-0.1, -0.05) is 44.2 Å². The Hall–Kier alpha value is -2.19. The molecule has 0 saturated heterocycles. The molecule has 2 aromatic heterocycles. The topological polar surface area (TPSA) is 12.9 Å². The number of hydrogen-bond acceptors (Lipinski definition) is 2. The molecule has 0 atom stereocenters. The third kappa shape index (κ3) is 2.34. The maximum Gasteiger partial charge on any atom is 0.0719 e. The Kier molecular flexibility index (Phi) is 3.15. The van der Waals surface area contributed by atoms with Crippen LogP contribution in [-0.4, -0.2) is 4.98 Å². The van der Waals surface area contributed by atoms with E-state index in [0.29, 0.717) is 0 Å². The van der Waals surface area contributed by atoms with Gasteiger partial charge in [-0.15, -0.1) is 11.3 Å². The van der Waals surface area contributed by atoms with Crippen molar-refractivity contribution in [2.24, 2.45) is 0 Å². The summed E-state index contributed by atoms with van der Waals surface area (Å²) in [7, 11) is 0. The average Bonchev–Trinajstić information content (AvgIpc) is 2.95. The Morgan fingerprint density at radius 2 is 1.91 bits per heavy atom. The molecule has 0 bridgehead atoms. The molecule has 0 aliphatic carbocycles. The third-order valence-corrected chi connectivity index (χ3v) is 5.55. The minimum Gasteiger partial charge on any atom is -0.256 e. The summed E-state index contributed by atoms with van der Waals surface area (Å²) in [5, 5.41) is 2.64. The van der Waals surface area contributed by atoms with Gasteiger partial charge in [0.1, 0.15) is 0 Å². The molecule has 0 aliphatic heterocycles. The van der Waals surface area contributed by atoms with E-state index in [4.69, 9.17) is 1.37 Å². The number of rotatable bonds is 2. The van der Waals surface area contributed by atoms with Gasteiger partial charge in [0.05, 0.1) is 5.69 Å². The van der Waals surface area contributed by atoms with Crippen LogP contribution in [0.3, 0.4) is 0 Å². The first-order valence-corrected chi connectivity index (χ1v) is 8.64. The molecule has 23 heavy (non-hydrogen) atoms. The van der Waals surface area contributed by atoms with Crippen LogP contribution in [-0.2, 0) is 0 Å². The van der Waals surface area contributed by atoms with E-state index < -0.39 is 5.89 Å². The molecule has 0 saturated carbocycles. The summed E-state index contributed by atoms with van der Waals surface area (Å²) in [5.41, 5.74) is 4.39. The smallest absolute Gasteiger partial charge is 0.0719 e. The van der Waals surface area contributed by atoms with Crippen molar-refractivity contribution in [1.29, 1.82) is 0 Å². The molecule has 2 heteroatoms. The molecule has 2 heterocycles. The lowest BCUT2D eigenvalue weighted by molar-refractivity contribution is 0.864. The van der Waals surface area contributed by atoms with Crippen LogP contribution in [0.25, 0.3) is 31.4 Å². The molecular weight excluding hydrogens is 298 g/mol. The van der Waals surface area contributed by atoms with Crippen molar-refractivity contribution in [3.8, 4) is 11.3 Å². The van der Waals surface area contributed by atoms with Gasteiger partial charge in [0.25, 0.3) is 0 Å². The van der Waals surface area contributed by atoms with Gasteiger partial charge in [-0.25, -0.2) is 0 Å². The Labute approximate surface area is 142 Å². The molecule has 4 aromatic rings. The molecule has 0 amide bonds. The average molecular weight is 318 g/mol. The fourth-order valence-electron chi connectivity index (χ4n) is 3.08. The number of hydrogen-bond donors (Lipinski definition) is 0. The number of nitrogens with zero attached hydrogens (tertiary/aromatic N) is 1. The SMILES string of the molecule is [2H]C(C)(C)c1ccnc(-c2ccc(C)c3c2sc2ccccc23)c1. The van der Waals surface area contributed by atoms with Crippen LogP contribution in [0.15, 0.2) is 54.7 Å². The number of benzene rings is 2. The molecule has 2 aromatic carbocycles. The summed E-state index contributed by atoms with van der Waals surface area (Å²) >= 11 is 1.82. The van der Waals surface area contributed by atoms with Crippen molar-refractivity contribution >= 4 is 31.5 Å². The van der Waals surface area contributed by atoms with Crippen LogP contribution < -0.4 is 0 Å². The van der Waals surface area contributed by atoms with Crippen LogP contribution in [0.5, 0.6) is 0 Å².